The molecule has 1 aliphatic rings. The van der Waals surface area contributed by atoms with E-state index >= 15 is 0 Å². The summed E-state index contributed by atoms with van der Waals surface area (Å²) in [5, 5.41) is 3.76. The van der Waals surface area contributed by atoms with Gasteiger partial charge in [-0.1, -0.05) is 23.9 Å². The standard InChI is InChI=1S/C22H22F3N3O4S.ClH/c1-4-32-20(30)16-12(2)28-15(11-33-21-26-8-9-27-21)18(19(29)31-3)17(16)13-6-5-7-14(10-13)22(23,24)25;/h5-7,10H,4,8-9,11H2,1-3H3,(H,26,27);1H. The number of methoxy groups -OCH3 is 1. The molecule has 0 radical (unpaired) electrons. The largest absolute Gasteiger partial charge is 0.465 e. The number of aryl methyl sites for hydroxylation is 1. The third kappa shape index (κ3) is 6.01. The van der Waals surface area contributed by atoms with E-state index in [1.165, 1.54) is 23.9 Å². The Labute approximate surface area is 204 Å². The number of aliphatic imine (C=N–C) groups is 1. The van der Waals surface area contributed by atoms with Gasteiger partial charge in [-0.05, 0) is 31.5 Å². The second-order valence-electron chi connectivity index (χ2n) is 6.96. The van der Waals surface area contributed by atoms with Crippen LogP contribution in [0, 0.1) is 6.92 Å². The number of alkyl halides is 3. The highest BCUT2D eigenvalue weighted by Crippen LogP contribution is 2.37. The van der Waals surface area contributed by atoms with E-state index in [4.69, 9.17) is 9.47 Å². The lowest BCUT2D eigenvalue weighted by atomic mass is 9.91. The summed E-state index contributed by atoms with van der Waals surface area (Å²) in [4.78, 5) is 34.4. The number of nitrogens with one attached hydrogen (secondary N) is 1. The van der Waals surface area contributed by atoms with Gasteiger partial charge in [0.25, 0.3) is 0 Å². The monoisotopic (exact) mass is 517 g/mol. The fourth-order valence-electron chi connectivity index (χ4n) is 3.39. The predicted octanol–water partition coefficient (Wildman–Crippen LogP) is 4.65. The predicted molar refractivity (Wildman–Crippen MR) is 126 cm³/mol. The highest BCUT2D eigenvalue weighted by Gasteiger charge is 2.33. The zero-order valence-corrected chi connectivity index (χ0v) is 20.2. The maximum atomic E-state index is 13.4. The first-order valence-electron chi connectivity index (χ1n) is 10.0. The van der Waals surface area contributed by atoms with Gasteiger partial charge < -0.3 is 14.8 Å². The second kappa shape index (κ2) is 11.6. The molecule has 0 amide bonds. The number of hydrogen-bond donors (Lipinski definition) is 1. The van der Waals surface area contributed by atoms with Crippen LogP contribution in [0.5, 0.6) is 0 Å². The lowest BCUT2D eigenvalue weighted by molar-refractivity contribution is -0.137. The molecule has 0 spiro atoms. The Morgan fingerprint density at radius 1 is 1.21 bits per heavy atom. The van der Waals surface area contributed by atoms with Crippen molar-refractivity contribution in [1.29, 1.82) is 0 Å². The minimum atomic E-state index is -4.61. The number of rotatable bonds is 6. The number of nitrogens with zero attached hydrogens (tertiary/aromatic N) is 2. The number of halogens is 4. The Hall–Kier alpha value is -2.79. The summed E-state index contributed by atoms with van der Waals surface area (Å²) in [6.07, 6.45) is -4.61. The Morgan fingerprint density at radius 3 is 2.53 bits per heavy atom. The topological polar surface area (TPSA) is 89.9 Å². The van der Waals surface area contributed by atoms with Crippen molar-refractivity contribution in [1.82, 2.24) is 10.3 Å². The normalized spacial score (nSPS) is 12.9. The molecule has 2 aromatic rings. The van der Waals surface area contributed by atoms with Gasteiger partial charge in [0, 0.05) is 17.9 Å². The number of hydrogen-bond acceptors (Lipinski definition) is 8. The minimum Gasteiger partial charge on any atom is -0.465 e. The zero-order chi connectivity index (χ0) is 24.2. The molecule has 0 saturated heterocycles. The van der Waals surface area contributed by atoms with Crippen LogP contribution in [0.1, 0.15) is 44.6 Å². The first-order chi connectivity index (χ1) is 15.7. The van der Waals surface area contributed by atoms with Crippen molar-refractivity contribution in [2.45, 2.75) is 25.8 Å². The van der Waals surface area contributed by atoms with Crippen LogP contribution in [-0.4, -0.2) is 48.9 Å². The summed E-state index contributed by atoms with van der Waals surface area (Å²) in [5.74, 6) is -1.43. The van der Waals surface area contributed by atoms with Crippen LogP contribution >= 0.6 is 24.2 Å². The van der Waals surface area contributed by atoms with Crippen LogP contribution in [0.15, 0.2) is 29.3 Å². The molecule has 0 fully saturated rings. The average Bonchev–Trinajstić information content (AvgIpc) is 3.30. The molecule has 0 saturated carbocycles. The molecule has 7 nitrogen and oxygen atoms in total. The van der Waals surface area contributed by atoms with Gasteiger partial charge in [0.1, 0.15) is 0 Å². The van der Waals surface area contributed by atoms with Crippen molar-refractivity contribution >= 4 is 41.3 Å². The number of esters is 2. The molecule has 0 atom stereocenters. The first-order valence-corrected chi connectivity index (χ1v) is 11.0. The molecular weight excluding hydrogens is 495 g/mol. The van der Waals surface area contributed by atoms with Crippen LogP contribution in [-0.2, 0) is 21.4 Å². The van der Waals surface area contributed by atoms with E-state index in [1.807, 2.05) is 0 Å². The van der Waals surface area contributed by atoms with Crippen LogP contribution < -0.4 is 5.32 Å². The molecule has 1 aromatic heterocycles. The lowest BCUT2D eigenvalue weighted by Gasteiger charge is -2.19. The molecule has 1 aliphatic heterocycles. The number of benzene rings is 1. The van der Waals surface area contributed by atoms with Crippen LogP contribution in [0.2, 0.25) is 0 Å². The summed E-state index contributed by atoms with van der Waals surface area (Å²) in [7, 11) is 1.15. The molecule has 2 heterocycles. The van der Waals surface area contributed by atoms with Gasteiger partial charge in [-0.25, -0.2) is 9.59 Å². The summed E-state index contributed by atoms with van der Waals surface area (Å²) >= 11 is 1.30. The fraction of sp³-hybridized carbons (Fsp3) is 0.364. The van der Waals surface area contributed by atoms with Crippen molar-refractivity contribution in [3.05, 3.63) is 52.3 Å². The maximum absolute atomic E-state index is 13.4. The summed E-state index contributed by atoms with van der Waals surface area (Å²) < 4.78 is 50.3. The number of carbonyl (C=O) groups excluding carboxylic acids is 2. The Kier molecular flexibility index (Phi) is 9.34. The van der Waals surface area contributed by atoms with E-state index in [1.54, 1.807) is 13.8 Å². The minimum absolute atomic E-state index is 0. The van der Waals surface area contributed by atoms with E-state index in [0.717, 1.165) is 19.2 Å². The van der Waals surface area contributed by atoms with Gasteiger partial charge in [-0.3, -0.25) is 9.98 Å². The van der Waals surface area contributed by atoms with Crippen molar-refractivity contribution in [3.63, 3.8) is 0 Å². The SMILES string of the molecule is CCOC(=O)c1c(C)nc(CSC2=NCCN2)c(C(=O)OC)c1-c1cccc(C(F)(F)F)c1.Cl. The Bertz CT molecular complexity index is 1110. The number of thioether (sulfide) groups is 1. The van der Waals surface area contributed by atoms with Crippen LogP contribution in [0.25, 0.3) is 11.1 Å². The second-order valence-corrected chi connectivity index (χ2v) is 7.93. The molecule has 34 heavy (non-hydrogen) atoms. The van der Waals surface area contributed by atoms with E-state index in [9.17, 15) is 22.8 Å². The summed E-state index contributed by atoms with van der Waals surface area (Å²) in [6, 6.07) is 4.43. The third-order valence-electron chi connectivity index (χ3n) is 4.79. The summed E-state index contributed by atoms with van der Waals surface area (Å²) in [6.45, 7) is 4.50. The molecule has 3 rings (SSSR count). The van der Waals surface area contributed by atoms with E-state index in [2.05, 4.69) is 15.3 Å². The average molecular weight is 518 g/mol. The van der Waals surface area contributed by atoms with Crippen molar-refractivity contribution in [3.8, 4) is 11.1 Å². The number of ether oxygens (including phenoxy) is 2. The van der Waals surface area contributed by atoms with Gasteiger partial charge in [-0.15, -0.1) is 12.4 Å². The molecule has 1 N–H and O–H groups in total. The molecule has 0 unspecified atom stereocenters. The first kappa shape index (κ1) is 27.5. The maximum Gasteiger partial charge on any atom is 0.416 e. The molecule has 0 aliphatic carbocycles. The van der Waals surface area contributed by atoms with Crippen molar-refractivity contribution in [2.24, 2.45) is 4.99 Å². The number of pyridine rings is 1. The van der Waals surface area contributed by atoms with Gasteiger partial charge >= 0.3 is 18.1 Å². The van der Waals surface area contributed by atoms with Gasteiger partial charge in [-0.2, -0.15) is 13.2 Å². The van der Waals surface area contributed by atoms with Gasteiger partial charge in [0.15, 0.2) is 5.17 Å². The van der Waals surface area contributed by atoms with Crippen molar-refractivity contribution < 1.29 is 32.2 Å². The highest BCUT2D eigenvalue weighted by molar-refractivity contribution is 8.13. The number of carbonyl (C=O) groups is 2. The van der Waals surface area contributed by atoms with Gasteiger partial charge in [0.05, 0.1) is 48.3 Å². The molecule has 0 bridgehead atoms. The molecule has 12 heteroatoms. The highest BCUT2D eigenvalue weighted by atomic mass is 35.5. The van der Waals surface area contributed by atoms with Crippen LogP contribution in [0.4, 0.5) is 13.2 Å². The van der Waals surface area contributed by atoms with E-state index in [0.29, 0.717) is 18.3 Å². The molecule has 184 valence electrons. The Morgan fingerprint density at radius 2 is 1.94 bits per heavy atom. The lowest BCUT2D eigenvalue weighted by Crippen LogP contribution is -2.19. The van der Waals surface area contributed by atoms with Gasteiger partial charge in [0.2, 0.25) is 0 Å². The fourth-order valence-corrected chi connectivity index (χ4v) is 4.26. The van der Waals surface area contributed by atoms with E-state index < -0.39 is 23.7 Å². The van der Waals surface area contributed by atoms with Crippen molar-refractivity contribution in [2.75, 3.05) is 26.8 Å². The quantitative estimate of drug-likeness (QED) is 0.558. The Balaban J connectivity index is 0.00000408. The smallest absolute Gasteiger partial charge is 0.416 e. The number of aromatic nitrogens is 1. The van der Waals surface area contributed by atoms with E-state index in [-0.39, 0.29) is 58.4 Å². The number of amidine groups is 1. The third-order valence-corrected chi connectivity index (χ3v) is 5.75. The zero-order valence-electron chi connectivity index (χ0n) is 18.6. The summed E-state index contributed by atoms with van der Waals surface area (Å²) in [5.41, 5.74) is -0.567. The molecular formula is C22H23ClF3N3O4S. The molecule has 1 aromatic carbocycles. The van der Waals surface area contributed by atoms with Crippen LogP contribution in [0.3, 0.4) is 0 Å².